The zero-order valence-electron chi connectivity index (χ0n) is 21.1. The fourth-order valence-electron chi connectivity index (χ4n) is 5.53. The number of aromatic nitrogens is 2. The van der Waals surface area contributed by atoms with Crippen LogP contribution in [0, 0.1) is 5.92 Å². The van der Waals surface area contributed by atoms with Gasteiger partial charge in [0.05, 0.1) is 0 Å². The van der Waals surface area contributed by atoms with Gasteiger partial charge in [0.2, 0.25) is 5.91 Å². The van der Waals surface area contributed by atoms with Crippen molar-refractivity contribution in [3.05, 3.63) is 53.3 Å². The number of aryl methyl sites for hydroxylation is 1. The normalized spacial score (nSPS) is 19.8. The van der Waals surface area contributed by atoms with Crippen molar-refractivity contribution in [1.29, 1.82) is 0 Å². The van der Waals surface area contributed by atoms with E-state index >= 15 is 0 Å². The van der Waals surface area contributed by atoms with Crippen LogP contribution in [0.4, 0.5) is 0 Å². The van der Waals surface area contributed by atoms with Gasteiger partial charge in [-0.05, 0) is 31.4 Å². The topological polar surface area (TPSA) is 82.0 Å². The van der Waals surface area contributed by atoms with Crippen molar-refractivity contribution >= 4 is 17.7 Å². The summed E-state index contributed by atoms with van der Waals surface area (Å²) in [6, 6.07) is 11.6. The number of hydrogen-bond acceptors (Lipinski definition) is 5. The molecular formula is C27H36N6O3. The van der Waals surface area contributed by atoms with Gasteiger partial charge in [0.1, 0.15) is 5.69 Å². The smallest absolute Gasteiger partial charge is 0.274 e. The largest absolute Gasteiger partial charge is 0.340 e. The van der Waals surface area contributed by atoms with Crippen molar-refractivity contribution in [1.82, 2.24) is 29.4 Å². The van der Waals surface area contributed by atoms with E-state index in [-0.39, 0.29) is 23.6 Å². The van der Waals surface area contributed by atoms with Crippen molar-refractivity contribution in [2.24, 2.45) is 5.92 Å². The lowest BCUT2D eigenvalue weighted by Gasteiger charge is -2.38. The number of hydrogen-bond donors (Lipinski definition) is 0. The molecule has 0 saturated carbocycles. The van der Waals surface area contributed by atoms with E-state index in [0.29, 0.717) is 57.0 Å². The third-order valence-electron chi connectivity index (χ3n) is 7.78. The van der Waals surface area contributed by atoms with Gasteiger partial charge in [-0.3, -0.25) is 19.1 Å². The maximum Gasteiger partial charge on any atom is 0.274 e. The van der Waals surface area contributed by atoms with Crippen LogP contribution in [-0.4, -0.2) is 99.5 Å². The molecule has 0 radical (unpaired) electrons. The monoisotopic (exact) mass is 492 g/mol. The molecule has 9 nitrogen and oxygen atoms in total. The van der Waals surface area contributed by atoms with Crippen LogP contribution < -0.4 is 0 Å². The van der Waals surface area contributed by atoms with Crippen LogP contribution >= 0.6 is 0 Å². The van der Waals surface area contributed by atoms with Gasteiger partial charge in [-0.1, -0.05) is 37.3 Å². The summed E-state index contributed by atoms with van der Waals surface area (Å²) in [5, 5.41) is 4.52. The summed E-state index contributed by atoms with van der Waals surface area (Å²) < 4.78 is 1.69. The number of likely N-dealkylation sites (N-methyl/N-ethyl adjacent to an activating group) is 1. The summed E-state index contributed by atoms with van der Waals surface area (Å²) in [7, 11) is 0. The van der Waals surface area contributed by atoms with Gasteiger partial charge >= 0.3 is 0 Å². The molecule has 1 aromatic carbocycles. The average Bonchev–Trinajstić information content (AvgIpc) is 3.30. The average molecular weight is 493 g/mol. The number of carbonyl (C=O) groups is 3. The molecular weight excluding hydrogens is 456 g/mol. The number of piperidine rings is 1. The minimum absolute atomic E-state index is 0.0194. The SMILES string of the molecule is CCN1CCN(C(=O)C2CCN(C(=O)c3cc4n(n3)CCCN(Cc3ccccc3)C4=O)CC2)CC1. The lowest BCUT2D eigenvalue weighted by molar-refractivity contribution is -0.138. The number of amides is 3. The Morgan fingerprint density at radius 2 is 1.64 bits per heavy atom. The van der Waals surface area contributed by atoms with Gasteiger partial charge in [-0.25, -0.2) is 0 Å². The van der Waals surface area contributed by atoms with E-state index in [0.717, 1.165) is 44.7 Å². The number of rotatable bonds is 5. The molecule has 9 heteroatoms. The maximum atomic E-state index is 13.3. The Morgan fingerprint density at radius 1 is 0.917 bits per heavy atom. The molecule has 2 aromatic rings. The molecule has 4 heterocycles. The molecule has 3 amide bonds. The number of fused-ring (bicyclic) bond motifs is 1. The Morgan fingerprint density at radius 3 is 2.33 bits per heavy atom. The van der Waals surface area contributed by atoms with Crippen LogP contribution in [0.5, 0.6) is 0 Å². The van der Waals surface area contributed by atoms with E-state index < -0.39 is 0 Å². The second kappa shape index (κ2) is 10.8. The molecule has 36 heavy (non-hydrogen) atoms. The van der Waals surface area contributed by atoms with Gasteiger partial charge in [0, 0.05) is 70.9 Å². The van der Waals surface area contributed by atoms with E-state index in [1.165, 1.54) is 0 Å². The fourth-order valence-corrected chi connectivity index (χ4v) is 5.53. The zero-order valence-corrected chi connectivity index (χ0v) is 21.1. The van der Waals surface area contributed by atoms with E-state index in [4.69, 9.17) is 0 Å². The minimum atomic E-state index is -0.152. The zero-order chi connectivity index (χ0) is 25.1. The van der Waals surface area contributed by atoms with Gasteiger partial charge in [0.25, 0.3) is 11.8 Å². The predicted molar refractivity (Wildman–Crippen MR) is 135 cm³/mol. The molecule has 5 rings (SSSR count). The fraction of sp³-hybridized carbons (Fsp3) is 0.556. The maximum absolute atomic E-state index is 13.3. The molecule has 0 bridgehead atoms. The molecule has 2 saturated heterocycles. The first-order valence-electron chi connectivity index (χ1n) is 13.2. The van der Waals surface area contributed by atoms with Crippen LogP contribution in [-0.2, 0) is 17.9 Å². The summed E-state index contributed by atoms with van der Waals surface area (Å²) in [5.41, 5.74) is 1.88. The van der Waals surface area contributed by atoms with Crippen molar-refractivity contribution in [3.63, 3.8) is 0 Å². The number of nitrogens with zero attached hydrogens (tertiary/aromatic N) is 6. The molecule has 3 aliphatic rings. The van der Waals surface area contributed by atoms with Crippen LogP contribution in [0.15, 0.2) is 36.4 Å². The molecule has 2 fully saturated rings. The lowest BCUT2D eigenvalue weighted by atomic mass is 9.94. The van der Waals surface area contributed by atoms with Crippen LogP contribution in [0.1, 0.15) is 52.7 Å². The quantitative estimate of drug-likeness (QED) is 0.637. The van der Waals surface area contributed by atoms with E-state index in [9.17, 15) is 14.4 Å². The Labute approximate surface area is 212 Å². The highest BCUT2D eigenvalue weighted by atomic mass is 16.2. The van der Waals surface area contributed by atoms with E-state index in [1.54, 1.807) is 15.6 Å². The van der Waals surface area contributed by atoms with Gasteiger partial charge < -0.3 is 19.6 Å². The summed E-state index contributed by atoms with van der Waals surface area (Å²) in [5.74, 6) is -0.0273. The highest BCUT2D eigenvalue weighted by molar-refractivity contribution is 5.98. The predicted octanol–water partition coefficient (Wildman–Crippen LogP) is 1.95. The molecule has 0 N–H and O–H groups in total. The first-order chi connectivity index (χ1) is 17.5. The molecule has 0 atom stereocenters. The summed E-state index contributed by atoms with van der Waals surface area (Å²) in [4.78, 5) is 47.5. The van der Waals surface area contributed by atoms with Crippen LogP contribution in [0.2, 0.25) is 0 Å². The third-order valence-corrected chi connectivity index (χ3v) is 7.78. The summed E-state index contributed by atoms with van der Waals surface area (Å²) in [6.07, 6.45) is 2.15. The van der Waals surface area contributed by atoms with Crippen molar-refractivity contribution in [3.8, 4) is 0 Å². The van der Waals surface area contributed by atoms with E-state index in [2.05, 4.69) is 16.9 Å². The third kappa shape index (κ3) is 5.16. The molecule has 0 unspecified atom stereocenters. The van der Waals surface area contributed by atoms with Crippen LogP contribution in [0.25, 0.3) is 0 Å². The van der Waals surface area contributed by atoms with Crippen molar-refractivity contribution in [2.75, 3.05) is 52.4 Å². The molecule has 0 aliphatic carbocycles. The number of benzene rings is 1. The first-order valence-corrected chi connectivity index (χ1v) is 13.2. The number of carbonyl (C=O) groups excluding carboxylic acids is 3. The molecule has 3 aliphatic heterocycles. The second-order valence-electron chi connectivity index (χ2n) is 10.0. The second-order valence-corrected chi connectivity index (χ2v) is 10.0. The summed E-state index contributed by atoms with van der Waals surface area (Å²) >= 11 is 0. The first kappa shape index (κ1) is 24.5. The Kier molecular flexibility index (Phi) is 7.36. The minimum Gasteiger partial charge on any atom is -0.340 e. The molecule has 0 spiro atoms. The standard InChI is InChI=1S/C27H36N6O3/c1-2-29-15-17-31(18-16-29)25(34)22-9-13-30(14-10-22)26(35)23-19-24-27(36)32(11-6-12-33(24)28-23)20-21-7-4-3-5-8-21/h3-5,7-8,19,22H,2,6,9-18,20H2,1H3. The summed E-state index contributed by atoms with van der Waals surface area (Å²) in [6.45, 7) is 9.54. The Hall–Kier alpha value is -3.20. The Balaban J connectivity index is 1.19. The van der Waals surface area contributed by atoms with Crippen molar-refractivity contribution < 1.29 is 14.4 Å². The lowest BCUT2D eigenvalue weighted by Crippen LogP contribution is -2.51. The number of piperazine rings is 1. The molecule has 192 valence electrons. The van der Waals surface area contributed by atoms with Gasteiger partial charge in [-0.15, -0.1) is 0 Å². The van der Waals surface area contributed by atoms with Gasteiger partial charge in [0.15, 0.2) is 5.69 Å². The highest BCUT2D eigenvalue weighted by Gasteiger charge is 2.33. The van der Waals surface area contributed by atoms with Crippen LogP contribution in [0.3, 0.4) is 0 Å². The number of likely N-dealkylation sites (tertiary alicyclic amines) is 1. The Bertz CT molecular complexity index is 1080. The van der Waals surface area contributed by atoms with Crippen molar-refractivity contribution in [2.45, 2.75) is 39.3 Å². The highest BCUT2D eigenvalue weighted by Crippen LogP contribution is 2.23. The molecule has 1 aromatic heterocycles. The van der Waals surface area contributed by atoms with Gasteiger partial charge in [-0.2, -0.15) is 5.10 Å². The van der Waals surface area contributed by atoms with E-state index in [1.807, 2.05) is 40.1 Å².